The lowest BCUT2D eigenvalue weighted by Gasteiger charge is -2.05. The van der Waals surface area contributed by atoms with E-state index in [0.29, 0.717) is 12.7 Å². The fourth-order valence-corrected chi connectivity index (χ4v) is 1.00. The van der Waals surface area contributed by atoms with Crippen LogP contribution in [0.3, 0.4) is 0 Å². The van der Waals surface area contributed by atoms with Crippen molar-refractivity contribution < 1.29 is 9.47 Å². The normalized spacial score (nSPS) is 20.6. The number of ether oxygens (including phenoxy) is 2. The summed E-state index contributed by atoms with van der Waals surface area (Å²) in [7, 11) is 0. The molecule has 0 saturated carbocycles. The molecule has 0 aliphatic carbocycles. The van der Waals surface area contributed by atoms with Gasteiger partial charge in [-0.1, -0.05) is 18.2 Å². The largest absolute Gasteiger partial charge is 0.490 e. The van der Waals surface area contributed by atoms with Gasteiger partial charge in [0.25, 0.3) is 0 Å². The minimum absolute atomic E-state index is 0.318. The van der Waals surface area contributed by atoms with E-state index in [4.69, 9.17) is 9.47 Å². The monoisotopic (exact) mass is 163 g/mol. The molecular formula is C10H11O2. The highest BCUT2D eigenvalue weighted by molar-refractivity contribution is 5.30. The van der Waals surface area contributed by atoms with Gasteiger partial charge < -0.3 is 9.47 Å². The second kappa shape index (κ2) is 3.15. The van der Waals surface area contributed by atoms with E-state index >= 15 is 0 Å². The first-order valence-electron chi connectivity index (χ1n) is 4.08. The van der Waals surface area contributed by atoms with Crippen LogP contribution in [0.2, 0.25) is 0 Å². The molecule has 1 atom stereocenters. The standard InChI is InChI=1S/C10H11O2/c1-8-4-2-3-5-10(8)12-7-9-6-11-9/h2-4,9H,6-7H2,1H3. The van der Waals surface area contributed by atoms with Gasteiger partial charge in [0.05, 0.1) is 6.61 Å². The lowest BCUT2D eigenvalue weighted by atomic mass is 10.2. The highest BCUT2D eigenvalue weighted by Gasteiger charge is 2.23. The average Bonchev–Trinajstić information content (AvgIpc) is 2.86. The van der Waals surface area contributed by atoms with Crippen LogP contribution in [0.5, 0.6) is 5.75 Å². The minimum Gasteiger partial charge on any atom is -0.490 e. The van der Waals surface area contributed by atoms with Gasteiger partial charge in [0.2, 0.25) is 0 Å². The van der Waals surface area contributed by atoms with Crippen molar-refractivity contribution in [1.82, 2.24) is 0 Å². The van der Waals surface area contributed by atoms with Gasteiger partial charge in [-0.05, 0) is 12.5 Å². The van der Waals surface area contributed by atoms with Crippen LogP contribution in [-0.4, -0.2) is 19.3 Å². The van der Waals surface area contributed by atoms with Gasteiger partial charge in [-0.15, -0.1) is 0 Å². The number of benzene rings is 1. The zero-order valence-corrected chi connectivity index (χ0v) is 7.04. The van der Waals surface area contributed by atoms with Gasteiger partial charge in [-0.2, -0.15) is 0 Å². The van der Waals surface area contributed by atoms with Crippen LogP contribution >= 0.6 is 0 Å². The van der Waals surface area contributed by atoms with Gasteiger partial charge >= 0.3 is 0 Å². The van der Waals surface area contributed by atoms with E-state index in [2.05, 4.69) is 6.07 Å². The molecule has 2 rings (SSSR count). The number of hydrogen-bond acceptors (Lipinski definition) is 2. The van der Waals surface area contributed by atoms with Crippen molar-refractivity contribution >= 4 is 0 Å². The van der Waals surface area contributed by atoms with E-state index in [1.807, 2.05) is 25.1 Å². The lowest BCUT2D eigenvalue weighted by molar-refractivity contribution is 0.261. The van der Waals surface area contributed by atoms with Crippen LogP contribution in [0.4, 0.5) is 0 Å². The topological polar surface area (TPSA) is 21.8 Å². The average molecular weight is 163 g/mol. The van der Waals surface area contributed by atoms with E-state index in [0.717, 1.165) is 17.9 Å². The molecule has 0 amide bonds. The quantitative estimate of drug-likeness (QED) is 0.631. The van der Waals surface area contributed by atoms with Crippen molar-refractivity contribution in [1.29, 1.82) is 0 Å². The molecule has 1 aromatic rings. The smallest absolute Gasteiger partial charge is 0.130 e. The summed E-state index contributed by atoms with van der Waals surface area (Å²) in [6.07, 6.45) is 0.318. The summed E-state index contributed by atoms with van der Waals surface area (Å²) >= 11 is 0. The van der Waals surface area contributed by atoms with Crippen molar-refractivity contribution in [3.8, 4) is 5.75 Å². The Bertz CT molecular complexity index is 266. The first-order chi connectivity index (χ1) is 5.86. The number of para-hydroxylation sites is 1. The lowest BCUT2D eigenvalue weighted by Crippen LogP contribution is -2.04. The molecule has 0 aromatic heterocycles. The van der Waals surface area contributed by atoms with Crippen LogP contribution in [0.1, 0.15) is 5.56 Å². The molecular weight excluding hydrogens is 152 g/mol. The Kier molecular flexibility index (Phi) is 2.00. The maximum atomic E-state index is 5.48. The number of epoxide rings is 1. The molecule has 63 valence electrons. The minimum atomic E-state index is 0.318. The third kappa shape index (κ3) is 1.77. The Morgan fingerprint density at radius 1 is 1.75 bits per heavy atom. The molecule has 1 unspecified atom stereocenters. The van der Waals surface area contributed by atoms with Crippen molar-refractivity contribution in [2.45, 2.75) is 13.0 Å². The highest BCUT2D eigenvalue weighted by atomic mass is 16.6. The predicted molar refractivity (Wildman–Crippen MR) is 45.3 cm³/mol. The first kappa shape index (κ1) is 7.62. The summed E-state index contributed by atoms with van der Waals surface area (Å²) in [4.78, 5) is 0. The summed E-state index contributed by atoms with van der Waals surface area (Å²) in [5.41, 5.74) is 1.12. The van der Waals surface area contributed by atoms with Crippen LogP contribution in [-0.2, 0) is 4.74 Å². The maximum absolute atomic E-state index is 5.48. The van der Waals surface area contributed by atoms with Crippen LogP contribution in [0.15, 0.2) is 18.2 Å². The molecule has 12 heavy (non-hydrogen) atoms. The van der Waals surface area contributed by atoms with Crippen LogP contribution in [0, 0.1) is 13.0 Å². The predicted octanol–water partition coefficient (Wildman–Crippen LogP) is 1.57. The van der Waals surface area contributed by atoms with E-state index in [9.17, 15) is 0 Å². The van der Waals surface area contributed by atoms with Gasteiger partial charge in [0.15, 0.2) is 0 Å². The fourth-order valence-electron chi connectivity index (χ4n) is 1.00. The molecule has 1 heterocycles. The molecule has 0 bridgehead atoms. The van der Waals surface area contributed by atoms with E-state index in [1.54, 1.807) is 0 Å². The first-order valence-corrected chi connectivity index (χ1v) is 4.08. The van der Waals surface area contributed by atoms with Crippen molar-refractivity contribution in [2.24, 2.45) is 0 Å². The SMILES string of the molecule is Cc1ccc[c]c1OCC1CO1. The zero-order valence-electron chi connectivity index (χ0n) is 7.04. The Balaban J connectivity index is 1.96. The summed E-state index contributed by atoms with van der Waals surface area (Å²) in [5, 5.41) is 0. The summed E-state index contributed by atoms with van der Waals surface area (Å²) in [6.45, 7) is 3.51. The molecule has 1 aliphatic rings. The van der Waals surface area contributed by atoms with Gasteiger partial charge in [-0.25, -0.2) is 0 Å². The van der Waals surface area contributed by atoms with Crippen LogP contribution in [0.25, 0.3) is 0 Å². The Hall–Kier alpha value is -1.02. The molecule has 0 N–H and O–H groups in total. The van der Waals surface area contributed by atoms with E-state index in [1.165, 1.54) is 0 Å². The van der Waals surface area contributed by atoms with Crippen LogP contribution < -0.4 is 4.74 Å². The Labute approximate surface area is 72.1 Å². The van der Waals surface area contributed by atoms with Crippen molar-refractivity contribution in [2.75, 3.05) is 13.2 Å². The number of hydrogen-bond donors (Lipinski definition) is 0. The third-order valence-corrected chi connectivity index (χ3v) is 1.83. The molecule has 1 aliphatic heterocycles. The Morgan fingerprint density at radius 3 is 3.25 bits per heavy atom. The molecule has 2 nitrogen and oxygen atoms in total. The van der Waals surface area contributed by atoms with E-state index < -0.39 is 0 Å². The molecule has 1 aromatic carbocycles. The van der Waals surface area contributed by atoms with Gasteiger partial charge in [0, 0.05) is 6.07 Å². The number of rotatable bonds is 3. The van der Waals surface area contributed by atoms with Gasteiger partial charge in [-0.3, -0.25) is 0 Å². The molecule has 0 spiro atoms. The molecule has 2 heteroatoms. The second-order valence-electron chi connectivity index (χ2n) is 2.95. The molecule has 1 radical (unpaired) electrons. The molecule has 1 saturated heterocycles. The highest BCUT2D eigenvalue weighted by Crippen LogP contribution is 2.17. The number of aryl methyl sites for hydroxylation is 1. The molecule has 1 fully saturated rings. The third-order valence-electron chi connectivity index (χ3n) is 1.83. The van der Waals surface area contributed by atoms with Gasteiger partial charge in [0.1, 0.15) is 18.5 Å². The van der Waals surface area contributed by atoms with Crippen molar-refractivity contribution in [3.05, 3.63) is 29.8 Å². The summed E-state index contributed by atoms with van der Waals surface area (Å²) in [5.74, 6) is 0.841. The summed E-state index contributed by atoms with van der Waals surface area (Å²) < 4.78 is 10.5. The van der Waals surface area contributed by atoms with E-state index in [-0.39, 0.29) is 0 Å². The zero-order chi connectivity index (χ0) is 8.39. The second-order valence-corrected chi connectivity index (χ2v) is 2.95. The Morgan fingerprint density at radius 2 is 2.58 bits per heavy atom. The maximum Gasteiger partial charge on any atom is 0.130 e. The summed E-state index contributed by atoms with van der Waals surface area (Å²) in [6, 6.07) is 8.87. The van der Waals surface area contributed by atoms with Crippen molar-refractivity contribution in [3.63, 3.8) is 0 Å². The fraction of sp³-hybridized carbons (Fsp3) is 0.400.